The first kappa shape index (κ1) is 21.6. The van der Waals surface area contributed by atoms with E-state index >= 15 is 0 Å². The van der Waals surface area contributed by atoms with Gasteiger partial charge >= 0.3 is 17.1 Å². The van der Waals surface area contributed by atoms with Crippen molar-refractivity contribution in [2.75, 3.05) is 0 Å². The maximum atomic E-state index is 8.10. The van der Waals surface area contributed by atoms with E-state index in [0.29, 0.717) is 0 Å². The SMILES string of the molecule is N#CC([SH2+])=C([SH2+])C#N.N#CC([SH2+])=C([SH2+])C#N.[Cu+2]. The first-order valence-corrected chi connectivity index (χ1v) is 5.39. The molecule has 0 saturated heterocycles. The van der Waals surface area contributed by atoms with E-state index in [0.717, 1.165) is 0 Å². The molecule has 0 rings (SSSR count). The van der Waals surface area contributed by atoms with Gasteiger partial charge in [0.25, 0.3) is 19.6 Å². The zero-order chi connectivity index (χ0) is 13.1. The Balaban J connectivity index is -0.000000218. The van der Waals surface area contributed by atoms with E-state index in [1.165, 1.54) is 0 Å². The van der Waals surface area contributed by atoms with Crippen LogP contribution in [0.25, 0.3) is 0 Å². The molecule has 0 atom stereocenters. The summed E-state index contributed by atoms with van der Waals surface area (Å²) in [5.74, 6) is 0. The Hall–Kier alpha value is -0.641. The number of hydrogen-bond acceptors (Lipinski definition) is 4. The van der Waals surface area contributed by atoms with Gasteiger partial charge in [0.15, 0.2) is 24.3 Å². The van der Waals surface area contributed by atoms with Crippen molar-refractivity contribution < 1.29 is 17.1 Å². The minimum atomic E-state index is 0. The minimum Gasteiger partial charge on any atom is -0.187 e. The topological polar surface area (TPSA) is 95.2 Å². The Bertz CT molecular complexity index is 394. The summed E-state index contributed by atoms with van der Waals surface area (Å²) in [6.45, 7) is 0. The van der Waals surface area contributed by atoms with Crippen LogP contribution in [0.5, 0.6) is 0 Å². The van der Waals surface area contributed by atoms with Crippen LogP contribution in [0.1, 0.15) is 0 Å². The number of allylic oxidation sites excluding steroid dienone is 4. The second kappa shape index (κ2) is 13.4. The summed E-state index contributed by atoms with van der Waals surface area (Å²) in [6.07, 6.45) is 0. The molecule has 0 aliphatic carbocycles. The van der Waals surface area contributed by atoms with Crippen LogP contribution in [-0.2, 0) is 67.6 Å². The van der Waals surface area contributed by atoms with Gasteiger partial charge in [-0.2, -0.15) is 21.0 Å². The smallest absolute Gasteiger partial charge is 0.187 e. The van der Waals surface area contributed by atoms with Crippen LogP contribution in [0.2, 0.25) is 0 Å². The van der Waals surface area contributed by atoms with Gasteiger partial charge in [0.05, 0.1) is 0 Å². The van der Waals surface area contributed by atoms with Gasteiger partial charge in [0, 0.05) is 50.5 Å². The third-order valence-electron chi connectivity index (χ3n) is 0.947. The van der Waals surface area contributed by atoms with Crippen molar-refractivity contribution in [1.29, 1.82) is 21.0 Å². The molecule has 0 aliphatic rings. The summed E-state index contributed by atoms with van der Waals surface area (Å²) in [4.78, 5) is 0.849. The molecule has 0 unspecified atom stereocenters. The first-order valence-electron chi connectivity index (χ1n) is 3.39. The molecule has 0 aromatic carbocycles. The maximum absolute atomic E-state index is 8.10. The predicted molar refractivity (Wildman–Crippen MR) is 77.1 cm³/mol. The van der Waals surface area contributed by atoms with Crippen molar-refractivity contribution in [1.82, 2.24) is 0 Å². The molecule has 4 nitrogen and oxygen atoms in total. The molecular formula is C8H8CuN4S4+6. The summed E-state index contributed by atoms with van der Waals surface area (Å²) in [5, 5.41) is 32.4. The molecule has 9 heteroatoms. The normalized spacial score (nSPS) is 10.4. The van der Waals surface area contributed by atoms with Crippen molar-refractivity contribution in [3.8, 4) is 24.3 Å². The summed E-state index contributed by atoms with van der Waals surface area (Å²) < 4.78 is 0. The van der Waals surface area contributed by atoms with Gasteiger partial charge in [0.2, 0.25) is 0 Å². The fraction of sp³-hybridized carbons (Fsp3) is 0. The third-order valence-corrected chi connectivity index (χ3v) is 2.89. The Morgan fingerprint density at radius 2 is 0.647 bits per heavy atom. The molecule has 0 N–H and O–H groups in total. The summed E-state index contributed by atoms with van der Waals surface area (Å²) in [5.41, 5.74) is 0. The van der Waals surface area contributed by atoms with E-state index in [9.17, 15) is 0 Å². The van der Waals surface area contributed by atoms with Crippen molar-refractivity contribution in [3.05, 3.63) is 19.6 Å². The second-order valence-electron chi connectivity index (χ2n) is 1.95. The second-order valence-corrected chi connectivity index (χ2v) is 3.95. The Morgan fingerprint density at radius 3 is 0.706 bits per heavy atom. The monoisotopic (exact) mass is 351 g/mol. The largest absolute Gasteiger partial charge is 2.00 e. The van der Waals surface area contributed by atoms with Crippen molar-refractivity contribution in [2.45, 2.75) is 0 Å². The summed E-state index contributed by atoms with van der Waals surface area (Å²) in [7, 11) is 0. The molecule has 0 heterocycles. The van der Waals surface area contributed by atoms with Crippen LogP contribution in [0, 0.1) is 45.3 Å². The summed E-state index contributed by atoms with van der Waals surface area (Å²) in [6, 6.07) is 6.95. The number of nitriles is 4. The maximum Gasteiger partial charge on any atom is 2.00 e. The average Bonchev–Trinajstić information content (AvgIpc) is 2.35. The van der Waals surface area contributed by atoms with Crippen LogP contribution in [0.15, 0.2) is 19.6 Å². The van der Waals surface area contributed by atoms with Gasteiger partial charge in [0.1, 0.15) is 0 Å². The molecule has 0 aromatic rings. The van der Waals surface area contributed by atoms with E-state index in [-0.39, 0.29) is 36.7 Å². The van der Waals surface area contributed by atoms with Crippen LogP contribution in [0.4, 0.5) is 0 Å². The molecule has 1 radical (unpaired) electrons. The van der Waals surface area contributed by atoms with Gasteiger partial charge < -0.3 is 0 Å². The average molecular weight is 352 g/mol. The van der Waals surface area contributed by atoms with E-state index in [4.69, 9.17) is 21.0 Å². The zero-order valence-corrected chi connectivity index (χ0v) is 13.0. The van der Waals surface area contributed by atoms with Gasteiger partial charge in [-0.05, 0) is 0 Å². The Morgan fingerprint density at radius 1 is 0.529 bits per heavy atom. The molecule has 17 heavy (non-hydrogen) atoms. The number of rotatable bonds is 0. The van der Waals surface area contributed by atoms with Gasteiger partial charge in [-0.25, -0.2) is 0 Å². The van der Waals surface area contributed by atoms with Gasteiger partial charge in [-0.3, -0.25) is 0 Å². The van der Waals surface area contributed by atoms with Crippen LogP contribution >= 0.6 is 0 Å². The van der Waals surface area contributed by atoms with E-state index in [1.807, 2.05) is 0 Å². The molecule has 0 spiro atoms. The minimum absolute atomic E-state index is 0. The number of nitrogens with zero attached hydrogens (tertiary/aromatic N) is 4. The molecule has 0 bridgehead atoms. The van der Waals surface area contributed by atoms with Gasteiger partial charge in [-0.15, -0.1) is 0 Å². The van der Waals surface area contributed by atoms with Crippen molar-refractivity contribution in [3.63, 3.8) is 0 Å². The van der Waals surface area contributed by atoms with E-state index < -0.39 is 0 Å². The molecule has 0 saturated carbocycles. The number of hydrogen-bond donors (Lipinski definition) is 0. The predicted octanol–water partition coefficient (Wildman–Crippen LogP) is -1.47. The molecule has 89 valence electrons. The third kappa shape index (κ3) is 11.6. The Labute approximate surface area is 132 Å². The van der Waals surface area contributed by atoms with Crippen molar-refractivity contribution >= 4 is 50.5 Å². The van der Waals surface area contributed by atoms with Crippen LogP contribution in [0.3, 0.4) is 0 Å². The van der Waals surface area contributed by atoms with E-state index in [2.05, 4.69) is 50.5 Å². The molecule has 0 aliphatic heterocycles. The van der Waals surface area contributed by atoms with E-state index in [1.54, 1.807) is 24.3 Å². The fourth-order valence-corrected chi connectivity index (χ4v) is 0.447. The molecular weight excluding hydrogens is 344 g/mol. The molecule has 0 amide bonds. The molecule has 0 fully saturated rings. The van der Waals surface area contributed by atoms with Crippen LogP contribution in [-0.4, -0.2) is 0 Å². The zero-order valence-electron chi connectivity index (χ0n) is 8.09. The van der Waals surface area contributed by atoms with Gasteiger partial charge in [-0.1, -0.05) is 0 Å². The Kier molecular flexibility index (Phi) is 17.1. The van der Waals surface area contributed by atoms with Crippen molar-refractivity contribution in [2.24, 2.45) is 0 Å². The standard InChI is InChI=1S/2C4H2N2S2.Cu/c2*5-1-3(7)4(8)2-6;/h2*7-8H;/q;;+2/p+4. The first-order chi connectivity index (χ1) is 7.44. The molecule has 0 aromatic heterocycles. The summed E-state index contributed by atoms with van der Waals surface area (Å²) >= 11 is 11.6. The fourth-order valence-electron chi connectivity index (χ4n) is 0.224. The van der Waals surface area contributed by atoms with Crippen LogP contribution < -0.4 is 0 Å². The quantitative estimate of drug-likeness (QED) is 0.302.